The van der Waals surface area contributed by atoms with Crippen LogP contribution in [0, 0.1) is 5.82 Å². The van der Waals surface area contributed by atoms with E-state index in [1.807, 2.05) is 19.2 Å². The zero-order chi connectivity index (χ0) is 22.4. The number of hydrogen-bond acceptors (Lipinski definition) is 4. The Balaban J connectivity index is 1.38. The number of halogens is 3. The number of nitrogens with two attached hydrogens (primary N) is 1. The summed E-state index contributed by atoms with van der Waals surface area (Å²) in [5.41, 5.74) is 9.71. The number of alkyl halides is 2. The first-order valence-corrected chi connectivity index (χ1v) is 11.0. The van der Waals surface area contributed by atoms with Crippen LogP contribution in [0.5, 0.6) is 0 Å². The van der Waals surface area contributed by atoms with Crippen LogP contribution in [0.2, 0.25) is 0 Å². The molecule has 2 atom stereocenters. The Labute approximate surface area is 184 Å². The average molecular weight is 442 g/mol. The summed E-state index contributed by atoms with van der Waals surface area (Å²) in [5.74, 6) is -0.261. The van der Waals surface area contributed by atoms with Gasteiger partial charge in [-0.05, 0) is 67.9 Å². The fourth-order valence-corrected chi connectivity index (χ4v) is 5.06. The lowest BCUT2D eigenvalue weighted by molar-refractivity contribution is 0.145. The maximum atomic E-state index is 14.7. The van der Waals surface area contributed by atoms with E-state index < -0.39 is 17.8 Å². The van der Waals surface area contributed by atoms with Crippen LogP contribution in [0.3, 0.4) is 0 Å². The van der Waals surface area contributed by atoms with Gasteiger partial charge in [-0.15, -0.1) is 0 Å². The first kappa shape index (κ1) is 21.0. The van der Waals surface area contributed by atoms with E-state index in [4.69, 9.17) is 5.73 Å². The molecule has 0 saturated carbocycles. The van der Waals surface area contributed by atoms with Gasteiger partial charge in [-0.3, -0.25) is 0 Å². The van der Waals surface area contributed by atoms with Gasteiger partial charge in [0.25, 0.3) is 6.43 Å². The van der Waals surface area contributed by atoms with Crippen molar-refractivity contribution in [2.75, 3.05) is 5.73 Å². The van der Waals surface area contributed by atoms with Crippen molar-refractivity contribution < 1.29 is 13.2 Å². The molecule has 3 N–H and O–H groups in total. The molecule has 1 aromatic carbocycles. The summed E-state index contributed by atoms with van der Waals surface area (Å²) in [6.07, 6.45) is 6.60. The second kappa shape index (κ2) is 8.24. The molecular formula is C24H26F3N5. The number of aryl methyl sites for hydroxylation is 1. The molecule has 3 heterocycles. The number of benzene rings is 1. The number of nitrogens with one attached hydrogen (secondary N) is 1. The van der Waals surface area contributed by atoms with Gasteiger partial charge in [-0.2, -0.15) is 0 Å². The van der Waals surface area contributed by atoms with Crippen molar-refractivity contribution in [3.63, 3.8) is 0 Å². The number of allylic oxidation sites excluding steroid dienone is 2. The van der Waals surface area contributed by atoms with Crippen LogP contribution in [0.25, 0.3) is 11.0 Å². The van der Waals surface area contributed by atoms with Crippen LogP contribution in [0.15, 0.2) is 36.3 Å². The summed E-state index contributed by atoms with van der Waals surface area (Å²) in [4.78, 5) is 8.43. The van der Waals surface area contributed by atoms with E-state index in [9.17, 15) is 13.2 Å². The Morgan fingerprint density at radius 3 is 2.91 bits per heavy atom. The van der Waals surface area contributed by atoms with Crippen molar-refractivity contribution in [1.29, 1.82) is 0 Å². The number of fused-ring (bicyclic) bond motifs is 2. The molecule has 2 unspecified atom stereocenters. The van der Waals surface area contributed by atoms with E-state index in [0.29, 0.717) is 30.8 Å². The van der Waals surface area contributed by atoms with E-state index in [0.717, 1.165) is 41.4 Å². The van der Waals surface area contributed by atoms with Gasteiger partial charge in [0.1, 0.15) is 23.6 Å². The molecule has 5 rings (SSSR count). The molecule has 3 aromatic rings. The highest BCUT2D eigenvalue weighted by atomic mass is 19.3. The normalized spacial score (nSPS) is 20.7. The van der Waals surface area contributed by atoms with Gasteiger partial charge < -0.3 is 15.6 Å². The van der Waals surface area contributed by atoms with E-state index in [2.05, 4.69) is 25.9 Å². The number of rotatable bonds is 5. The quantitative estimate of drug-likeness (QED) is 0.546. The van der Waals surface area contributed by atoms with E-state index >= 15 is 0 Å². The predicted molar refractivity (Wildman–Crippen MR) is 118 cm³/mol. The monoisotopic (exact) mass is 441 g/mol. The van der Waals surface area contributed by atoms with Crippen molar-refractivity contribution in [2.24, 2.45) is 0 Å². The lowest BCUT2D eigenvalue weighted by Crippen LogP contribution is -2.34. The number of aromatic nitrogens is 3. The van der Waals surface area contributed by atoms with Gasteiger partial charge >= 0.3 is 0 Å². The molecule has 32 heavy (non-hydrogen) atoms. The predicted octanol–water partition coefficient (Wildman–Crippen LogP) is 5.02. The second-order valence-corrected chi connectivity index (χ2v) is 8.83. The van der Waals surface area contributed by atoms with Crippen LogP contribution in [0.4, 0.5) is 19.0 Å². The molecule has 2 aliphatic rings. The van der Waals surface area contributed by atoms with Crippen molar-refractivity contribution in [3.8, 4) is 0 Å². The number of nitrogens with zero attached hydrogens (tertiary/aromatic N) is 3. The third-order valence-corrected chi connectivity index (χ3v) is 6.77. The Bertz CT molecular complexity index is 1200. The van der Waals surface area contributed by atoms with Gasteiger partial charge in [0.2, 0.25) is 0 Å². The minimum atomic E-state index is -2.81. The lowest BCUT2D eigenvalue weighted by atomic mass is 9.87. The van der Waals surface area contributed by atoms with Crippen LogP contribution in [-0.4, -0.2) is 20.6 Å². The Hall–Kier alpha value is -2.87. The summed E-state index contributed by atoms with van der Waals surface area (Å²) < 4.78 is 43.8. The first-order chi connectivity index (χ1) is 15.4. The minimum Gasteiger partial charge on any atom is -0.383 e. The zero-order valence-electron chi connectivity index (χ0n) is 17.9. The second-order valence-electron chi connectivity index (χ2n) is 8.83. The van der Waals surface area contributed by atoms with Crippen LogP contribution >= 0.6 is 0 Å². The van der Waals surface area contributed by atoms with Crippen molar-refractivity contribution >= 4 is 16.9 Å². The molecular weight excluding hydrogens is 415 g/mol. The highest BCUT2D eigenvalue weighted by Crippen LogP contribution is 2.36. The molecule has 0 spiro atoms. The van der Waals surface area contributed by atoms with E-state index in [-0.39, 0.29) is 12.1 Å². The number of anilines is 1. The maximum absolute atomic E-state index is 14.7. The van der Waals surface area contributed by atoms with E-state index in [1.54, 1.807) is 0 Å². The Morgan fingerprint density at radius 2 is 2.09 bits per heavy atom. The Morgan fingerprint density at radius 1 is 1.25 bits per heavy atom. The third-order valence-electron chi connectivity index (χ3n) is 6.77. The third kappa shape index (κ3) is 3.66. The highest BCUT2D eigenvalue weighted by Gasteiger charge is 2.27. The molecule has 0 radical (unpaired) electrons. The molecule has 168 valence electrons. The van der Waals surface area contributed by atoms with Crippen LogP contribution in [0.1, 0.15) is 60.9 Å². The molecule has 0 fully saturated rings. The van der Waals surface area contributed by atoms with Gasteiger partial charge in [0, 0.05) is 18.8 Å². The van der Waals surface area contributed by atoms with Gasteiger partial charge in [0.15, 0.2) is 0 Å². The summed E-state index contributed by atoms with van der Waals surface area (Å²) in [5, 5.41) is 4.18. The molecule has 5 nitrogen and oxygen atoms in total. The van der Waals surface area contributed by atoms with Gasteiger partial charge in [0.05, 0.1) is 17.0 Å². The molecule has 1 aliphatic heterocycles. The highest BCUT2D eigenvalue weighted by molar-refractivity contribution is 5.86. The molecule has 2 aromatic heterocycles. The topological polar surface area (TPSA) is 68.8 Å². The fourth-order valence-electron chi connectivity index (χ4n) is 5.06. The average Bonchev–Trinajstić information content (AvgIpc) is 3.41. The number of hydrogen-bond donors (Lipinski definition) is 2. The molecule has 1 aliphatic carbocycles. The van der Waals surface area contributed by atoms with Crippen molar-refractivity contribution in [2.45, 2.75) is 64.1 Å². The van der Waals surface area contributed by atoms with Crippen LogP contribution in [-0.2, 0) is 19.4 Å². The van der Waals surface area contributed by atoms with Crippen molar-refractivity contribution in [3.05, 3.63) is 64.4 Å². The largest absolute Gasteiger partial charge is 0.383 e. The fraction of sp³-hybridized carbons (Fsp3) is 0.417. The minimum absolute atomic E-state index is 0.0744. The standard InChI is InChI=1S/C24H26F3N5/c1-13-8-18-20(11-29-13)15(10-19(21(18)25)22(26)27)4-2-14-3-5-16(9-14)32-7-6-17-23(28)30-12-31-24(17)32/h6-7,9-10,12-13,16,22,29H,2-5,8,11H2,1H3,(H2,28,30,31). The summed E-state index contributed by atoms with van der Waals surface area (Å²) in [6, 6.07) is 3.56. The number of nitrogen functional groups attached to an aromatic ring is 1. The van der Waals surface area contributed by atoms with Crippen LogP contribution < -0.4 is 11.1 Å². The smallest absolute Gasteiger partial charge is 0.266 e. The summed E-state index contributed by atoms with van der Waals surface area (Å²) in [7, 11) is 0. The molecule has 0 bridgehead atoms. The molecule has 0 saturated heterocycles. The lowest BCUT2D eigenvalue weighted by Gasteiger charge is -2.27. The summed E-state index contributed by atoms with van der Waals surface area (Å²) in [6.45, 7) is 2.47. The zero-order valence-corrected chi connectivity index (χ0v) is 17.9. The molecule has 0 amide bonds. The van der Waals surface area contributed by atoms with Gasteiger partial charge in [-0.25, -0.2) is 23.1 Å². The van der Waals surface area contributed by atoms with Gasteiger partial charge in [-0.1, -0.05) is 11.6 Å². The van der Waals surface area contributed by atoms with E-state index in [1.165, 1.54) is 18.0 Å². The Kier molecular flexibility index (Phi) is 5.41. The maximum Gasteiger partial charge on any atom is 0.266 e. The summed E-state index contributed by atoms with van der Waals surface area (Å²) >= 11 is 0. The first-order valence-electron chi connectivity index (χ1n) is 11.0. The molecule has 8 heteroatoms. The van der Waals surface area contributed by atoms with Crippen molar-refractivity contribution in [1.82, 2.24) is 19.9 Å². The SMILES string of the molecule is CC1Cc2c(F)c(C(F)F)cc(CCC3=CC(n4ccc5c(N)ncnc54)CC3)c2CN1.